The van der Waals surface area contributed by atoms with Gasteiger partial charge in [0.25, 0.3) is 0 Å². The van der Waals surface area contributed by atoms with Gasteiger partial charge in [-0.15, -0.1) is 0 Å². The predicted octanol–water partition coefficient (Wildman–Crippen LogP) is 1.70. The molecule has 7 heteroatoms. The van der Waals surface area contributed by atoms with Crippen LogP contribution >= 0.6 is 0 Å². The van der Waals surface area contributed by atoms with E-state index in [1.54, 1.807) is 0 Å². The van der Waals surface area contributed by atoms with E-state index in [0.717, 1.165) is 45.0 Å². The molecule has 0 saturated carbocycles. The molecular formula is C16H23FN2O3S. The minimum atomic E-state index is -3.62. The molecule has 23 heavy (non-hydrogen) atoms. The second-order valence-corrected chi connectivity index (χ2v) is 8.09. The SMILES string of the molecule is O=S(=O)(c1cccc(F)c1)N1CCCN(C[C@H]2CCCO2)CC1. The number of hydrogen-bond acceptors (Lipinski definition) is 4. The topological polar surface area (TPSA) is 49.9 Å². The summed E-state index contributed by atoms with van der Waals surface area (Å²) < 4.78 is 45.8. The van der Waals surface area contributed by atoms with Crippen LogP contribution in [0.15, 0.2) is 29.2 Å². The maximum Gasteiger partial charge on any atom is 0.243 e. The Labute approximate surface area is 137 Å². The van der Waals surface area contributed by atoms with Crippen LogP contribution in [0.4, 0.5) is 4.39 Å². The van der Waals surface area contributed by atoms with Gasteiger partial charge in [0.2, 0.25) is 10.0 Å². The lowest BCUT2D eigenvalue weighted by molar-refractivity contribution is 0.0749. The van der Waals surface area contributed by atoms with Crippen LogP contribution in [-0.2, 0) is 14.8 Å². The van der Waals surface area contributed by atoms with Crippen LogP contribution in [0.2, 0.25) is 0 Å². The summed E-state index contributed by atoms with van der Waals surface area (Å²) in [6, 6.07) is 5.23. The zero-order chi connectivity index (χ0) is 16.3. The quantitative estimate of drug-likeness (QED) is 0.836. The Morgan fingerprint density at radius 3 is 2.78 bits per heavy atom. The number of halogens is 1. The highest BCUT2D eigenvalue weighted by Gasteiger charge is 2.28. The highest BCUT2D eigenvalue weighted by Crippen LogP contribution is 2.20. The number of ether oxygens (including phenoxy) is 1. The average molecular weight is 342 g/mol. The van der Waals surface area contributed by atoms with Crippen molar-refractivity contribution in [2.45, 2.75) is 30.3 Å². The van der Waals surface area contributed by atoms with Gasteiger partial charge in [0.05, 0.1) is 11.0 Å². The van der Waals surface area contributed by atoms with Gasteiger partial charge in [-0.1, -0.05) is 6.07 Å². The fourth-order valence-corrected chi connectivity index (χ4v) is 4.72. The largest absolute Gasteiger partial charge is 0.377 e. The van der Waals surface area contributed by atoms with E-state index in [-0.39, 0.29) is 11.0 Å². The molecule has 0 aromatic heterocycles. The molecule has 0 aliphatic carbocycles. The first-order valence-electron chi connectivity index (χ1n) is 8.15. The lowest BCUT2D eigenvalue weighted by Gasteiger charge is -2.23. The van der Waals surface area contributed by atoms with Gasteiger partial charge in [0.15, 0.2) is 0 Å². The molecular weight excluding hydrogens is 319 g/mol. The Bertz CT molecular complexity index is 632. The summed E-state index contributed by atoms with van der Waals surface area (Å²) in [6.45, 7) is 4.17. The van der Waals surface area contributed by atoms with Crippen LogP contribution in [0, 0.1) is 5.82 Å². The maximum atomic E-state index is 13.3. The van der Waals surface area contributed by atoms with E-state index >= 15 is 0 Å². The Hall–Kier alpha value is -1.02. The summed E-state index contributed by atoms with van der Waals surface area (Å²) >= 11 is 0. The smallest absolute Gasteiger partial charge is 0.243 e. The number of rotatable bonds is 4. The first kappa shape index (κ1) is 16.8. The fourth-order valence-electron chi connectivity index (χ4n) is 3.22. The first-order chi connectivity index (χ1) is 11.1. The third kappa shape index (κ3) is 4.09. The summed E-state index contributed by atoms with van der Waals surface area (Å²) in [4.78, 5) is 2.31. The van der Waals surface area contributed by atoms with Gasteiger partial charge in [0.1, 0.15) is 5.82 Å². The van der Waals surface area contributed by atoms with Crippen LogP contribution in [0.3, 0.4) is 0 Å². The van der Waals surface area contributed by atoms with Crippen LogP contribution in [-0.4, -0.2) is 63.1 Å². The lowest BCUT2D eigenvalue weighted by Crippen LogP contribution is -2.37. The number of sulfonamides is 1. The number of hydrogen-bond donors (Lipinski definition) is 0. The van der Waals surface area contributed by atoms with E-state index in [1.165, 1.54) is 22.5 Å². The van der Waals surface area contributed by atoms with Gasteiger partial charge in [-0.2, -0.15) is 4.31 Å². The number of nitrogens with zero attached hydrogens (tertiary/aromatic N) is 2. The molecule has 0 bridgehead atoms. The molecule has 2 aliphatic rings. The second kappa shape index (κ2) is 7.25. The minimum absolute atomic E-state index is 0.0325. The normalized spacial score (nSPS) is 24.7. The predicted molar refractivity (Wildman–Crippen MR) is 85.2 cm³/mol. The van der Waals surface area contributed by atoms with Crippen molar-refractivity contribution >= 4 is 10.0 Å². The van der Waals surface area contributed by atoms with Crippen molar-refractivity contribution in [3.8, 4) is 0 Å². The molecule has 0 N–H and O–H groups in total. The van der Waals surface area contributed by atoms with Crippen LogP contribution in [0.5, 0.6) is 0 Å². The van der Waals surface area contributed by atoms with Crippen molar-refractivity contribution < 1.29 is 17.5 Å². The number of benzene rings is 1. The Morgan fingerprint density at radius 2 is 2.04 bits per heavy atom. The molecule has 3 rings (SSSR count). The Kier molecular flexibility index (Phi) is 5.31. The fraction of sp³-hybridized carbons (Fsp3) is 0.625. The second-order valence-electron chi connectivity index (χ2n) is 6.15. The standard InChI is InChI=1S/C16H23FN2O3S/c17-14-4-1-6-16(12-14)23(20,21)19-8-3-7-18(9-10-19)13-15-5-2-11-22-15/h1,4,6,12,15H,2-3,5,7-11,13H2/t15-/m1/s1. The molecule has 2 aliphatic heterocycles. The molecule has 0 spiro atoms. The molecule has 1 aromatic rings. The van der Waals surface area contributed by atoms with Crippen LogP contribution < -0.4 is 0 Å². The lowest BCUT2D eigenvalue weighted by atomic mass is 10.2. The Balaban J connectivity index is 1.64. The van der Waals surface area contributed by atoms with Gasteiger partial charge in [0, 0.05) is 32.8 Å². The van der Waals surface area contributed by atoms with Crippen molar-refractivity contribution in [2.24, 2.45) is 0 Å². The van der Waals surface area contributed by atoms with E-state index in [9.17, 15) is 12.8 Å². The van der Waals surface area contributed by atoms with Crippen molar-refractivity contribution in [1.29, 1.82) is 0 Å². The van der Waals surface area contributed by atoms with E-state index in [4.69, 9.17) is 4.74 Å². The van der Waals surface area contributed by atoms with Crippen LogP contribution in [0.25, 0.3) is 0 Å². The monoisotopic (exact) mass is 342 g/mol. The highest BCUT2D eigenvalue weighted by atomic mass is 32.2. The van der Waals surface area contributed by atoms with E-state index < -0.39 is 15.8 Å². The summed E-state index contributed by atoms with van der Waals surface area (Å²) in [6.07, 6.45) is 3.25. The molecule has 2 heterocycles. The van der Waals surface area contributed by atoms with Gasteiger partial charge < -0.3 is 4.74 Å². The van der Waals surface area contributed by atoms with Crippen molar-refractivity contribution in [2.75, 3.05) is 39.3 Å². The zero-order valence-corrected chi connectivity index (χ0v) is 14.0. The average Bonchev–Trinajstić information content (AvgIpc) is 2.91. The van der Waals surface area contributed by atoms with E-state index in [2.05, 4.69) is 4.90 Å². The third-order valence-electron chi connectivity index (χ3n) is 4.47. The van der Waals surface area contributed by atoms with Gasteiger partial charge in [-0.05, 0) is 44.0 Å². The Morgan fingerprint density at radius 1 is 1.17 bits per heavy atom. The molecule has 1 aromatic carbocycles. The van der Waals surface area contributed by atoms with Gasteiger partial charge in [-0.25, -0.2) is 12.8 Å². The summed E-state index contributed by atoms with van der Waals surface area (Å²) in [5.74, 6) is -0.527. The molecule has 2 fully saturated rings. The van der Waals surface area contributed by atoms with Crippen molar-refractivity contribution in [3.05, 3.63) is 30.1 Å². The van der Waals surface area contributed by atoms with Gasteiger partial charge >= 0.3 is 0 Å². The molecule has 128 valence electrons. The van der Waals surface area contributed by atoms with E-state index in [0.29, 0.717) is 19.6 Å². The zero-order valence-electron chi connectivity index (χ0n) is 13.2. The van der Waals surface area contributed by atoms with Gasteiger partial charge in [-0.3, -0.25) is 4.90 Å². The van der Waals surface area contributed by atoms with E-state index in [1.807, 2.05) is 0 Å². The highest BCUT2D eigenvalue weighted by molar-refractivity contribution is 7.89. The summed E-state index contributed by atoms with van der Waals surface area (Å²) in [5.41, 5.74) is 0. The molecule has 1 atom stereocenters. The molecule has 5 nitrogen and oxygen atoms in total. The molecule has 0 radical (unpaired) electrons. The van der Waals surface area contributed by atoms with Crippen molar-refractivity contribution in [1.82, 2.24) is 9.21 Å². The maximum absolute atomic E-state index is 13.3. The molecule has 2 saturated heterocycles. The van der Waals surface area contributed by atoms with Crippen LogP contribution in [0.1, 0.15) is 19.3 Å². The minimum Gasteiger partial charge on any atom is -0.377 e. The molecule has 0 unspecified atom stereocenters. The third-order valence-corrected chi connectivity index (χ3v) is 6.36. The summed E-state index contributed by atoms with van der Waals surface area (Å²) in [5, 5.41) is 0. The van der Waals surface area contributed by atoms with Crippen molar-refractivity contribution in [3.63, 3.8) is 0 Å². The summed E-state index contributed by atoms with van der Waals surface area (Å²) in [7, 11) is -3.62. The first-order valence-corrected chi connectivity index (χ1v) is 9.59. The molecule has 0 amide bonds.